The minimum atomic E-state index is 0.0925. The van der Waals surface area contributed by atoms with Gasteiger partial charge in [-0.05, 0) is 39.3 Å². The Morgan fingerprint density at radius 2 is 2.00 bits per heavy atom. The molecule has 3 rings (SSSR count). The van der Waals surface area contributed by atoms with E-state index in [1.807, 2.05) is 24.9 Å². The summed E-state index contributed by atoms with van der Waals surface area (Å²) in [6.45, 7) is 9.53. The topological polar surface area (TPSA) is 47.4 Å². The zero-order valence-electron chi connectivity index (χ0n) is 15.2. The molecule has 2 heterocycles. The first-order valence-electron chi connectivity index (χ1n) is 8.61. The largest absolute Gasteiger partial charge is 0.372 e. The van der Waals surface area contributed by atoms with Crippen molar-refractivity contribution < 1.29 is 9.53 Å². The van der Waals surface area contributed by atoms with Gasteiger partial charge in [0.1, 0.15) is 0 Å². The number of ether oxygens (including phenoxy) is 1. The Kier molecular flexibility index (Phi) is 5.49. The fourth-order valence-electron chi connectivity index (χ4n) is 3.25. The van der Waals surface area contributed by atoms with Gasteiger partial charge in [0, 0.05) is 25.5 Å². The van der Waals surface area contributed by atoms with Gasteiger partial charge in [0.25, 0.3) is 0 Å². The minimum absolute atomic E-state index is 0.0925. The molecule has 1 saturated heterocycles. The molecule has 1 aromatic heterocycles. The first-order valence-corrected chi connectivity index (χ1v) is 9.59. The van der Waals surface area contributed by atoms with Gasteiger partial charge in [-0.2, -0.15) is 0 Å². The van der Waals surface area contributed by atoms with E-state index in [1.54, 1.807) is 6.20 Å². The van der Waals surface area contributed by atoms with Gasteiger partial charge in [-0.3, -0.25) is 9.36 Å². The van der Waals surface area contributed by atoms with Gasteiger partial charge in [-0.25, -0.2) is 4.98 Å². The highest BCUT2D eigenvalue weighted by Crippen LogP contribution is 2.24. The van der Waals surface area contributed by atoms with E-state index in [4.69, 9.17) is 4.74 Å². The van der Waals surface area contributed by atoms with Gasteiger partial charge in [-0.15, -0.1) is 0 Å². The lowest BCUT2D eigenvalue weighted by molar-refractivity contribution is -0.140. The lowest BCUT2D eigenvalue weighted by Crippen LogP contribution is -2.48. The van der Waals surface area contributed by atoms with Crippen LogP contribution in [0.15, 0.2) is 35.7 Å². The molecule has 0 unspecified atom stereocenters. The molecule has 1 aliphatic rings. The standard InChI is InChI=1S/C19H25N3O2S/c1-13-5-6-17(14(2)9-13)22-8-7-20-19(22)25-12-18(23)21-10-15(3)24-16(4)11-21/h5-9,15-16H,10-12H2,1-4H3/t15-,16+. The van der Waals surface area contributed by atoms with E-state index in [0.29, 0.717) is 18.8 Å². The fraction of sp³-hybridized carbons (Fsp3) is 0.474. The molecule has 0 radical (unpaired) electrons. The number of aromatic nitrogens is 2. The number of nitrogens with zero attached hydrogens (tertiary/aromatic N) is 3. The van der Waals surface area contributed by atoms with Crippen molar-refractivity contribution in [1.82, 2.24) is 14.5 Å². The number of hydrogen-bond donors (Lipinski definition) is 0. The number of benzene rings is 1. The molecule has 0 saturated carbocycles. The monoisotopic (exact) mass is 359 g/mol. The number of imidazole rings is 1. The Hall–Kier alpha value is -1.79. The molecular weight excluding hydrogens is 334 g/mol. The van der Waals surface area contributed by atoms with Gasteiger partial charge in [0.15, 0.2) is 5.16 Å². The average Bonchev–Trinajstić information content (AvgIpc) is 3.00. The third-order valence-corrected chi connectivity index (χ3v) is 5.27. The zero-order chi connectivity index (χ0) is 18.0. The van der Waals surface area contributed by atoms with Gasteiger partial charge < -0.3 is 9.64 Å². The van der Waals surface area contributed by atoms with Gasteiger partial charge in [-0.1, -0.05) is 29.5 Å². The highest BCUT2D eigenvalue weighted by Gasteiger charge is 2.26. The van der Waals surface area contributed by atoms with Crippen molar-refractivity contribution in [1.29, 1.82) is 0 Å². The van der Waals surface area contributed by atoms with Crippen LogP contribution in [0.2, 0.25) is 0 Å². The van der Waals surface area contributed by atoms with Crippen molar-refractivity contribution in [2.24, 2.45) is 0 Å². The first-order chi connectivity index (χ1) is 11.9. The normalized spacial score (nSPS) is 20.7. The highest BCUT2D eigenvalue weighted by atomic mass is 32.2. The number of thioether (sulfide) groups is 1. The van der Waals surface area contributed by atoms with Crippen LogP contribution in [0, 0.1) is 13.8 Å². The van der Waals surface area contributed by atoms with Crippen LogP contribution in [0.5, 0.6) is 0 Å². The SMILES string of the molecule is Cc1ccc(-n2ccnc2SCC(=O)N2C[C@@H](C)O[C@@H](C)C2)c(C)c1. The van der Waals surface area contributed by atoms with E-state index in [9.17, 15) is 4.79 Å². The van der Waals surface area contributed by atoms with Crippen molar-refractivity contribution >= 4 is 17.7 Å². The van der Waals surface area contributed by atoms with Crippen molar-refractivity contribution in [3.05, 3.63) is 41.7 Å². The molecule has 1 aromatic carbocycles. The summed E-state index contributed by atoms with van der Waals surface area (Å²) in [4.78, 5) is 18.9. The fourth-order valence-corrected chi connectivity index (χ4v) is 4.12. The summed E-state index contributed by atoms with van der Waals surface area (Å²) >= 11 is 1.49. The Morgan fingerprint density at radius 3 is 2.68 bits per heavy atom. The molecule has 2 aromatic rings. The maximum atomic E-state index is 12.6. The van der Waals surface area contributed by atoms with Crippen molar-refractivity contribution in [2.45, 2.75) is 45.1 Å². The Bertz CT molecular complexity index is 749. The number of carbonyl (C=O) groups is 1. The van der Waals surface area contributed by atoms with Gasteiger partial charge in [0.05, 0.1) is 23.6 Å². The number of rotatable bonds is 4. The lowest BCUT2D eigenvalue weighted by atomic mass is 10.1. The number of amides is 1. The van der Waals surface area contributed by atoms with Crippen LogP contribution >= 0.6 is 11.8 Å². The second-order valence-corrected chi connectivity index (χ2v) is 7.66. The van der Waals surface area contributed by atoms with Crippen molar-refractivity contribution in [3.63, 3.8) is 0 Å². The molecule has 1 amide bonds. The predicted molar refractivity (Wildman–Crippen MR) is 100 cm³/mol. The maximum absolute atomic E-state index is 12.6. The number of hydrogen-bond acceptors (Lipinski definition) is 4. The second kappa shape index (κ2) is 7.62. The molecule has 134 valence electrons. The molecule has 25 heavy (non-hydrogen) atoms. The first kappa shape index (κ1) is 18.0. The smallest absolute Gasteiger partial charge is 0.233 e. The maximum Gasteiger partial charge on any atom is 0.233 e. The van der Waals surface area contributed by atoms with E-state index < -0.39 is 0 Å². The van der Waals surface area contributed by atoms with Crippen LogP contribution in [0.1, 0.15) is 25.0 Å². The van der Waals surface area contributed by atoms with Gasteiger partial charge in [0.2, 0.25) is 5.91 Å². The molecular formula is C19H25N3O2S. The van der Waals surface area contributed by atoms with Crippen molar-refractivity contribution in [3.8, 4) is 5.69 Å². The number of carbonyl (C=O) groups excluding carboxylic acids is 1. The summed E-state index contributed by atoms with van der Waals surface area (Å²) in [6.07, 6.45) is 3.92. The lowest BCUT2D eigenvalue weighted by Gasteiger charge is -2.35. The summed E-state index contributed by atoms with van der Waals surface area (Å²) in [5.41, 5.74) is 3.54. The quantitative estimate of drug-likeness (QED) is 0.787. The average molecular weight is 359 g/mol. The molecule has 0 N–H and O–H groups in total. The molecule has 2 atom stereocenters. The van der Waals surface area contributed by atoms with Crippen LogP contribution in [-0.4, -0.2) is 51.4 Å². The second-order valence-electron chi connectivity index (χ2n) is 6.71. The zero-order valence-corrected chi connectivity index (χ0v) is 16.0. The molecule has 0 aliphatic carbocycles. The third-order valence-electron chi connectivity index (χ3n) is 4.32. The van der Waals surface area contributed by atoms with Crippen LogP contribution in [0.4, 0.5) is 0 Å². The molecule has 1 aliphatic heterocycles. The summed E-state index contributed by atoms with van der Waals surface area (Å²) in [5.74, 6) is 0.531. The van der Waals surface area contributed by atoms with Gasteiger partial charge >= 0.3 is 0 Å². The van der Waals surface area contributed by atoms with Crippen LogP contribution in [-0.2, 0) is 9.53 Å². The van der Waals surface area contributed by atoms with Crippen LogP contribution in [0.25, 0.3) is 5.69 Å². The van der Waals surface area contributed by atoms with E-state index in [1.165, 1.54) is 22.9 Å². The third kappa shape index (κ3) is 4.25. The van der Waals surface area contributed by atoms with E-state index in [-0.39, 0.29) is 18.1 Å². The highest BCUT2D eigenvalue weighted by molar-refractivity contribution is 7.99. The molecule has 0 bridgehead atoms. The Morgan fingerprint density at radius 1 is 1.28 bits per heavy atom. The summed E-state index contributed by atoms with van der Waals surface area (Å²) in [6, 6.07) is 6.35. The molecule has 6 heteroatoms. The molecule has 5 nitrogen and oxygen atoms in total. The molecule has 0 spiro atoms. The van der Waals surface area contributed by atoms with Crippen LogP contribution in [0.3, 0.4) is 0 Å². The summed E-state index contributed by atoms with van der Waals surface area (Å²) in [5, 5.41) is 0.842. The summed E-state index contributed by atoms with van der Waals surface area (Å²) in [7, 11) is 0. The molecule has 1 fully saturated rings. The summed E-state index contributed by atoms with van der Waals surface area (Å²) < 4.78 is 7.75. The Labute approximate surface area is 153 Å². The number of morpholine rings is 1. The Balaban J connectivity index is 1.68. The van der Waals surface area contributed by atoms with Crippen LogP contribution < -0.4 is 0 Å². The predicted octanol–water partition coefficient (Wildman–Crippen LogP) is 3.22. The van der Waals surface area contributed by atoms with Crippen molar-refractivity contribution in [2.75, 3.05) is 18.8 Å². The number of aryl methyl sites for hydroxylation is 2. The van der Waals surface area contributed by atoms with E-state index in [2.05, 4.69) is 41.6 Å². The van der Waals surface area contributed by atoms with E-state index in [0.717, 1.165) is 10.8 Å². The minimum Gasteiger partial charge on any atom is -0.372 e. The van der Waals surface area contributed by atoms with E-state index >= 15 is 0 Å².